The fourth-order valence-corrected chi connectivity index (χ4v) is 2.17. The molecule has 88 valence electrons. The van der Waals surface area contributed by atoms with Crippen molar-refractivity contribution in [3.8, 4) is 0 Å². The molecule has 0 aromatic heterocycles. The molecule has 0 bridgehead atoms. The van der Waals surface area contributed by atoms with Crippen LogP contribution in [0.5, 0.6) is 0 Å². The molecule has 1 aromatic carbocycles. The zero-order valence-electron chi connectivity index (χ0n) is 10.1. The lowest BCUT2D eigenvalue weighted by Crippen LogP contribution is -2.00. The van der Waals surface area contributed by atoms with Crippen LogP contribution in [0.25, 0.3) is 0 Å². The van der Waals surface area contributed by atoms with E-state index >= 15 is 0 Å². The summed E-state index contributed by atoms with van der Waals surface area (Å²) < 4.78 is 0.915. The molecule has 0 N–H and O–H groups in total. The first-order valence-corrected chi connectivity index (χ1v) is 6.73. The third kappa shape index (κ3) is 4.09. The Bertz CT molecular complexity index is 358. The van der Waals surface area contributed by atoms with Gasteiger partial charge in [0, 0.05) is 16.5 Å². The number of benzene rings is 1. The first-order chi connectivity index (χ1) is 7.65. The minimum absolute atomic E-state index is 0.256. The molecular weight excluding hydrogens is 264 g/mol. The van der Waals surface area contributed by atoms with E-state index in [0.29, 0.717) is 6.42 Å². The first-order valence-electron chi connectivity index (χ1n) is 5.94. The van der Waals surface area contributed by atoms with Crippen molar-refractivity contribution in [3.63, 3.8) is 0 Å². The predicted octanol–water partition coefficient (Wildman–Crippen LogP) is 4.91. The Kier molecular flexibility index (Phi) is 5.75. The fourth-order valence-electron chi connectivity index (χ4n) is 1.70. The Labute approximate surface area is 106 Å². The Morgan fingerprint density at radius 1 is 1.25 bits per heavy atom. The van der Waals surface area contributed by atoms with Gasteiger partial charge in [0.05, 0.1) is 0 Å². The third-order valence-corrected chi connectivity index (χ3v) is 3.37. The van der Waals surface area contributed by atoms with E-state index in [-0.39, 0.29) is 5.78 Å². The molecule has 1 rings (SSSR count). The maximum Gasteiger partial charge on any atom is 0.164 e. The molecule has 0 amide bonds. The van der Waals surface area contributed by atoms with Gasteiger partial charge in [-0.2, -0.15) is 0 Å². The highest BCUT2D eigenvalue weighted by molar-refractivity contribution is 9.10. The molecule has 0 saturated heterocycles. The number of aryl methyl sites for hydroxylation is 1. The smallest absolute Gasteiger partial charge is 0.164 e. The quantitative estimate of drug-likeness (QED) is 0.535. The zero-order chi connectivity index (χ0) is 12.0. The summed E-state index contributed by atoms with van der Waals surface area (Å²) in [5.74, 6) is 0.256. The van der Waals surface area contributed by atoms with Crippen LogP contribution in [0.15, 0.2) is 22.7 Å². The SMILES string of the molecule is CCCCCCC(=O)c1cc(C)ccc1Br. The van der Waals surface area contributed by atoms with Crippen LogP contribution in [-0.4, -0.2) is 5.78 Å². The van der Waals surface area contributed by atoms with E-state index in [1.54, 1.807) is 0 Å². The molecule has 0 radical (unpaired) electrons. The van der Waals surface area contributed by atoms with Gasteiger partial charge in [-0.05, 0) is 25.5 Å². The summed E-state index contributed by atoms with van der Waals surface area (Å²) in [6.45, 7) is 4.19. The lowest BCUT2D eigenvalue weighted by atomic mass is 10.0. The largest absolute Gasteiger partial charge is 0.294 e. The number of carbonyl (C=O) groups is 1. The molecule has 0 atom stereocenters. The Balaban J connectivity index is 2.55. The van der Waals surface area contributed by atoms with Crippen molar-refractivity contribution >= 4 is 21.7 Å². The van der Waals surface area contributed by atoms with Gasteiger partial charge in [0.1, 0.15) is 0 Å². The number of unbranched alkanes of at least 4 members (excludes halogenated alkanes) is 3. The summed E-state index contributed by atoms with van der Waals surface area (Å²) in [4.78, 5) is 12.0. The number of hydrogen-bond donors (Lipinski definition) is 0. The van der Waals surface area contributed by atoms with Crippen molar-refractivity contribution in [2.24, 2.45) is 0 Å². The van der Waals surface area contributed by atoms with Gasteiger partial charge in [-0.15, -0.1) is 0 Å². The predicted molar refractivity (Wildman–Crippen MR) is 72.0 cm³/mol. The summed E-state index contributed by atoms with van der Waals surface area (Å²) in [6.07, 6.45) is 5.27. The minimum atomic E-state index is 0.256. The molecule has 1 aromatic rings. The van der Waals surface area contributed by atoms with Crippen molar-refractivity contribution in [3.05, 3.63) is 33.8 Å². The summed E-state index contributed by atoms with van der Waals surface area (Å²) in [6, 6.07) is 5.93. The average molecular weight is 283 g/mol. The lowest BCUT2D eigenvalue weighted by Gasteiger charge is -2.05. The summed E-state index contributed by atoms with van der Waals surface area (Å²) >= 11 is 3.43. The van der Waals surface area contributed by atoms with Gasteiger partial charge >= 0.3 is 0 Å². The molecule has 0 aliphatic heterocycles. The van der Waals surface area contributed by atoms with Crippen molar-refractivity contribution in [2.75, 3.05) is 0 Å². The highest BCUT2D eigenvalue weighted by atomic mass is 79.9. The maximum atomic E-state index is 12.0. The van der Waals surface area contributed by atoms with Crippen LogP contribution < -0.4 is 0 Å². The molecule has 2 heteroatoms. The molecule has 0 unspecified atom stereocenters. The number of hydrogen-bond acceptors (Lipinski definition) is 1. The van der Waals surface area contributed by atoms with Gasteiger partial charge < -0.3 is 0 Å². The topological polar surface area (TPSA) is 17.1 Å². The zero-order valence-corrected chi connectivity index (χ0v) is 11.6. The number of carbonyl (C=O) groups excluding carboxylic acids is 1. The number of halogens is 1. The van der Waals surface area contributed by atoms with Crippen molar-refractivity contribution in [1.29, 1.82) is 0 Å². The Morgan fingerprint density at radius 3 is 2.69 bits per heavy atom. The van der Waals surface area contributed by atoms with Crippen molar-refractivity contribution in [2.45, 2.75) is 46.0 Å². The molecule has 1 nitrogen and oxygen atoms in total. The van der Waals surface area contributed by atoms with Crippen molar-refractivity contribution < 1.29 is 4.79 Å². The van der Waals surface area contributed by atoms with E-state index < -0.39 is 0 Å². The second-order valence-electron chi connectivity index (χ2n) is 4.22. The van der Waals surface area contributed by atoms with Crippen LogP contribution in [0, 0.1) is 6.92 Å². The van der Waals surface area contributed by atoms with Crippen LogP contribution in [0.1, 0.15) is 54.9 Å². The van der Waals surface area contributed by atoms with Gasteiger partial charge in [-0.3, -0.25) is 4.79 Å². The summed E-state index contributed by atoms with van der Waals surface area (Å²) in [7, 11) is 0. The molecule has 0 aliphatic carbocycles. The van der Waals surface area contributed by atoms with Crippen LogP contribution >= 0.6 is 15.9 Å². The highest BCUT2D eigenvalue weighted by Crippen LogP contribution is 2.20. The minimum Gasteiger partial charge on any atom is -0.294 e. The monoisotopic (exact) mass is 282 g/mol. The van der Waals surface area contributed by atoms with Gasteiger partial charge in [-0.1, -0.05) is 53.7 Å². The average Bonchev–Trinajstić information content (AvgIpc) is 2.27. The first kappa shape index (κ1) is 13.4. The molecule has 0 spiro atoms. The van der Waals surface area contributed by atoms with E-state index in [4.69, 9.17) is 0 Å². The Hall–Kier alpha value is -0.630. The van der Waals surface area contributed by atoms with E-state index in [2.05, 4.69) is 22.9 Å². The standard InChI is InChI=1S/C14H19BrO/c1-3-4-5-6-7-14(16)12-10-11(2)8-9-13(12)15/h8-10H,3-7H2,1-2H3. The van der Waals surface area contributed by atoms with Gasteiger partial charge in [0.2, 0.25) is 0 Å². The molecule has 16 heavy (non-hydrogen) atoms. The molecule has 0 aliphatic rings. The van der Waals surface area contributed by atoms with Crippen molar-refractivity contribution in [1.82, 2.24) is 0 Å². The van der Waals surface area contributed by atoms with E-state index in [0.717, 1.165) is 28.4 Å². The third-order valence-electron chi connectivity index (χ3n) is 2.68. The number of ketones is 1. The van der Waals surface area contributed by atoms with Gasteiger partial charge in [0.25, 0.3) is 0 Å². The van der Waals surface area contributed by atoms with E-state index in [1.165, 1.54) is 12.8 Å². The molecule has 0 fully saturated rings. The summed E-state index contributed by atoms with van der Waals surface area (Å²) in [5.41, 5.74) is 1.97. The normalized spacial score (nSPS) is 10.4. The maximum absolute atomic E-state index is 12.0. The van der Waals surface area contributed by atoms with Gasteiger partial charge in [0.15, 0.2) is 5.78 Å². The van der Waals surface area contributed by atoms with Crippen LogP contribution in [-0.2, 0) is 0 Å². The molecule has 0 heterocycles. The van der Waals surface area contributed by atoms with Crippen LogP contribution in [0.2, 0.25) is 0 Å². The summed E-state index contributed by atoms with van der Waals surface area (Å²) in [5, 5.41) is 0. The van der Waals surface area contributed by atoms with E-state index in [9.17, 15) is 4.79 Å². The lowest BCUT2D eigenvalue weighted by molar-refractivity contribution is 0.0978. The second kappa shape index (κ2) is 6.85. The van der Waals surface area contributed by atoms with Crippen LogP contribution in [0.4, 0.5) is 0 Å². The van der Waals surface area contributed by atoms with E-state index in [1.807, 2.05) is 25.1 Å². The molecular formula is C14H19BrO. The fraction of sp³-hybridized carbons (Fsp3) is 0.500. The number of Topliss-reactive ketones (excluding diaryl/α,β-unsaturated/α-hetero) is 1. The highest BCUT2D eigenvalue weighted by Gasteiger charge is 2.09. The second-order valence-corrected chi connectivity index (χ2v) is 5.07. The Morgan fingerprint density at radius 2 is 2.00 bits per heavy atom. The molecule has 0 saturated carbocycles. The van der Waals surface area contributed by atoms with Gasteiger partial charge in [-0.25, -0.2) is 0 Å². The van der Waals surface area contributed by atoms with Crippen LogP contribution in [0.3, 0.4) is 0 Å². The number of rotatable bonds is 6.